The van der Waals surface area contributed by atoms with Crippen LogP contribution in [0.25, 0.3) is 11.2 Å². The Kier molecular flexibility index (Phi) is 2.59. The lowest BCUT2D eigenvalue weighted by Gasteiger charge is -2.00. The van der Waals surface area contributed by atoms with Gasteiger partial charge in [-0.15, -0.1) is 5.10 Å². The van der Waals surface area contributed by atoms with Crippen LogP contribution in [0.15, 0.2) is 9.59 Å². The molecule has 2 heterocycles. The molecule has 0 aliphatic heterocycles. The Morgan fingerprint density at radius 1 is 1.38 bits per heavy atom. The van der Waals surface area contributed by atoms with E-state index >= 15 is 0 Å². The number of nitrogens with one attached hydrogen (secondary N) is 1. The molecular weight excluding hydrogens is 210 g/mol. The largest absolute Gasteiger partial charge is 0.329 e. The molecule has 0 aliphatic rings. The highest BCUT2D eigenvalue weighted by atomic mass is 16.2. The standard InChI is InChI=1S/C9H13N5O2/c1-3-4-5-14-7-6(11-12-14)8(15)13(2)9(16)10-7/h3-5H2,1-2H3,(H,10,16). The molecule has 1 N–H and O–H groups in total. The summed E-state index contributed by atoms with van der Waals surface area (Å²) in [5.74, 6) is 0. The van der Waals surface area contributed by atoms with E-state index in [1.54, 1.807) is 4.68 Å². The van der Waals surface area contributed by atoms with Crippen LogP contribution in [0.5, 0.6) is 0 Å². The molecule has 7 heteroatoms. The normalized spacial score (nSPS) is 11.1. The number of unbranched alkanes of at least 4 members (excludes halogenated alkanes) is 1. The molecule has 0 fully saturated rings. The van der Waals surface area contributed by atoms with Gasteiger partial charge in [-0.05, 0) is 6.42 Å². The number of hydrogen-bond acceptors (Lipinski definition) is 4. The third-order valence-electron chi connectivity index (χ3n) is 2.50. The van der Waals surface area contributed by atoms with Gasteiger partial charge in [-0.3, -0.25) is 14.3 Å². The molecule has 0 spiro atoms. The van der Waals surface area contributed by atoms with Gasteiger partial charge in [0, 0.05) is 13.6 Å². The summed E-state index contributed by atoms with van der Waals surface area (Å²) in [5, 5.41) is 7.64. The Morgan fingerprint density at radius 3 is 2.81 bits per heavy atom. The molecule has 16 heavy (non-hydrogen) atoms. The molecule has 0 amide bonds. The van der Waals surface area contributed by atoms with Crippen LogP contribution in [0.2, 0.25) is 0 Å². The third kappa shape index (κ3) is 1.54. The summed E-state index contributed by atoms with van der Waals surface area (Å²) >= 11 is 0. The van der Waals surface area contributed by atoms with Crippen molar-refractivity contribution in [3.05, 3.63) is 20.8 Å². The molecular formula is C9H13N5O2. The van der Waals surface area contributed by atoms with Crippen molar-refractivity contribution < 1.29 is 0 Å². The Hall–Kier alpha value is -1.92. The molecule has 0 unspecified atom stereocenters. The van der Waals surface area contributed by atoms with Crippen LogP contribution in [0, 0.1) is 0 Å². The second-order valence-corrected chi connectivity index (χ2v) is 3.66. The summed E-state index contributed by atoms with van der Waals surface area (Å²) in [7, 11) is 1.41. The van der Waals surface area contributed by atoms with E-state index in [-0.39, 0.29) is 5.52 Å². The topological polar surface area (TPSA) is 85.6 Å². The molecule has 2 aromatic heterocycles. The number of hydrogen-bond donors (Lipinski definition) is 1. The van der Waals surface area contributed by atoms with Crippen LogP contribution in [-0.4, -0.2) is 24.5 Å². The van der Waals surface area contributed by atoms with Crippen LogP contribution < -0.4 is 11.2 Å². The SMILES string of the molecule is CCCCn1nnc2c(=O)n(C)c(=O)[nH]c21. The molecule has 0 saturated heterocycles. The first kappa shape index (κ1) is 10.6. The molecule has 7 nitrogen and oxygen atoms in total. The molecule has 86 valence electrons. The Balaban J connectivity index is 2.65. The number of H-pyrrole nitrogens is 1. The highest BCUT2D eigenvalue weighted by molar-refractivity contribution is 5.67. The number of nitrogens with zero attached hydrogens (tertiary/aromatic N) is 4. The van der Waals surface area contributed by atoms with Crippen molar-refractivity contribution in [2.75, 3.05) is 0 Å². The zero-order chi connectivity index (χ0) is 11.7. The number of aryl methyl sites for hydroxylation is 1. The van der Waals surface area contributed by atoms with Crippen molar-refractivity contribution in [1.82, 2.24) is 24.5 Å². The van der Waals surface area contributed by atoms with Gasteiger partial charge in [-0.1, -0.05) is 18.6 Å². The molecule has 0 radical (unpaired) electrons. The lowest BCUT2D eigenvalue weighted by molar-refractivity contribution is 0.563. The molecule has 2 aromatic rings. The minimum atomic E-state index is -0.447. The molecule has 0 saturated carbocycles. The summed E-state index contributed by atoms with van der Waals surface area (Å²) in [4.78, 5) is 25.7. The second-order valence-electron chi connectivity index (χ2n) is 3.66. The van der Waals surface area contributed by atoms with Crippen molar-refractivity contribution in [1.29, 1.82) is 0 Å². The van der Waals surface area contributed by atoms with Crippen LogP contribution in [0.4, 0.5) is 0 Å². The fourth-order valence-electron chi connectivity index (χ4n) is 1.48. The van der Waals surface area contributed by atoms with Crippen molar-refractivity contribution >= 4 is 11.2 Å². The van der Waals surface area contributed by atoms with E-state index in [4.69, 9.17) is 0 Å². The maximum atomic E-state index is 11.7. The van der Waals surface area contributed by atoms with E-state index < -0.39 is 11.2 Å². The van der Waals surface area contributed by atoms with Crippen LogP contribution in [0.1, 0.15) is 19.8 Å². The summed E-state index contributed by atoms with van der Waals surface area (Å²) in [6.45, 7) is 2.71. The van der Waals surface area contributed by atoms with E-state index in [2.05, 4.69) is 22.2 Å². The van der Waals surface area contributed by atoms with E-state index in [1.165, 1.54) is 7.05 Å². The van der Waals surface area contributed by atoms with Crippen LogP contribution in [-0.2, 0) is 13.6 Å². The Labute approximate surface area is 90.7 Å². The first-order chi connectivity index (χ1) is 7.65. The van der Waals surface area contributed by atoms with E-state index in [0.717, 1.165) is 17.4 Å². The molecule has 0 atom stereocenters. The van der Waals surface area contributed by atoms with Crippen molar-refractivity contribution in [3.8, 4) is 0 Å². The Morgan fingerprint density at radius 2 is 2.12 bits per heavy atom. The van der Waals surface area contributed by atoms with Crippen LogP contribution >= 0.6 is 0 Å². The fourth-order valence-corrected chi connectivity index (χ4v) is 1.48. The monoisotopic (exact) mass is 223 g/mol. The zero-order valence-corrected chi connectivity index (χ0v) is 9.23. The first-order valence-corrected chi connectivity index (χ1v) is 5.17. The van der Waals surface area contributed by atoms with Gasteiger partial charge in [-0.2, -0.15) is 0 Å². The predicted molar refractivity (Wildman–Crippen MR) is 58.3 cm³/mol. The number of aromatic nitrogens is 5. The van der Waals surface area contributed by atoms with Gasteiger partial charge in [-0.25, -0.2) is 9.48 Å². The summed E-state index contributed by atoms with van der Waals surface area (Å²) in [6, 6.07) is 0. The maximum Gasteiger partial charge on any atom is 0.329 e. The molecule has 0 aromatic carbocycles. The average Bonchev–Trinajstić information content (AvgIpc) is 2.66. The third-order valence-corrected chi connectivity index (χ3v) is 2.50. The number of aromatic amines is 1. The van der Waals surface area contributed by atoms with Crippen molar-refractivity contribution in [3.63, 3.8) is 0 Å². The highest BCUT2D eigenvalue weighted by Crippen LogP contribution is 2.02. The minimum Gasteiger partial charge on any atom is -0.290 e. The van der Waals surface area contributed by atoms with E-state index in [9.17, 15) is 9.59 Å². The average molecular weight is 223 g/mol. The van der Waals surface area contributed by atoms with Gasteiger partial charge in [0.25, 0.3) is 5.56 Å². The lowest BCUT2D eigenvalue weighted by Crippen LogP contribution is -2.32. The van der Waals surface area contributed by atoms with Gasteiger partial charge >= 0.3 is 5.69 Å². The summed E-state index contributed by atoms with van der Waals surface area (Å²) < 4.78 is 2.54. The summed E-state index contributed by atoms with van der Waals surface area (Å²) in [6.07, 6.45) is 1.94. The van der Waals surface area contributed by atoms with E-state index in [0.29, 0.717) is 12.2 Å². The minimum absolute atomic E-state index is 0.207. The number of rotatable bonds is 3. The predicted octanol–water partition coefficient (Wildman–Crippen LogP) is -0.382. The smallest absolute Gasteiger partial charge is 0.290 e. The lowest BCUT2D eigenvalue weighted by atomic mass is 10.3. The van der Waals surface area contributed by atoms with E-state index in [1.807, 2.05) is 0 Å². The van der Waals surface area contributed by atoms with Gasteiger partial charge in [0.15, 0.2) is 11.2 Å². The fraction of sp³-hybridized carbons (Fsp3) is 0.556. The van der Waals surface area contributed by atoms with Gasteiger partial charge in [0.2, 0.25) is 0 Å². The molecule has 0 bridgehead atoms. The van der Waals surface area contributed by atoms with Gasteiger partial charge < -0.3 is 0 Å². The zero-order valence-electron chi connectivity index (χ0n) is 9.23. The van der Waals surface area contributed by atoms with Gasteiger partial charge in [0.05, 0.1) is 0 Å². The highest BCUT2D eigenvalue weighted by Gasteiger charge is 2.11. The molecule has 0 aliphatic carbocycles. The van der Waals surface area contributed by atoms with Crippen molar-refractivity contribution in [2.24, 2.45) is 7.05 Å². The van der Waals surface area contributed by atoms with Gasteiger partial charge in [0.1, 0.15) is 0 Å². The van der Waals surface area contributed by atoms with Crippen molar-refractivity contribution in [2.45, 2.75) is 26.3 Å². The summed E-state index contributed by atoms with van der Waals surface area (Å²) in [5.41, 5.74) is -0.251. The maximum absolute atomic E-state index is 11.7. The number of fused-ring (bicyclic) bond motifs is 1. The first-order valence-electron chi connectivity index (χ1n) is 5.17. The Bertz CT molecular complexity index is 621. The van der Waals surface area contributed by atoms with Crippen LogP contribution in [0.3, 0.4) is 0 Å². The molecule has 2 rings (SSSR count). The second kappa shape index (κ2) is 3.92. The quantitative estimate of drug-likeness (QED) is 0.768.